The number of anilines is 2. The topological polar surface area (TPSA) is 71.1 Å². The highest BCUT2D eigenvalue weighted by molar-refractivity contribution is 5.97. The number of rotatable bonds is 6. The van der Waals surface area contributed by atoms with Crippen LogP contribution in [0.15, 0.2) is 103 Å². The highest BCUT2D eigenvalue weighted by atomic mass is 16.2. The Kier molecular flexibility index (Phi) is 5.99. The second-order valence-corrected chi connectivity index (χ2v) is 8.13. The molecule has 0 unspecified atom stereocenters. The summed E-state index contributed by atoms with van der Waals surface area (Å²) < 4.78 is 0. The highest BCUT2D eigenvalue weighted by Crippen LogP contribution is 2.21. The van der Waals surface area contributed by atoms with Crippen LogP contribution >= 0.6 is 0 Å². The largest absolute Gasteiger partial charge is 0.310 e. The molecule has 0 fully saturated rings. The third-order valence-electron chi connectivity index (χ3n) is 5.75. The molecule has 34 heavy (non-hydrogen) atoms. The van der Waals surface area contributed by atoms with Gasteiger partial charge in [-0.3, -0.25) is 9.59 Å². The van der Waals surface area contributed by atoms with Crippen molar-refractivity contribution in [2.24, 2.45) is 0 Å². The summed E-state index contributed by atoms with van der Waals surface area (Å²) in [7, 11) is 0. The molecule has 0 saturated carbocycles. The predicted molar refractivity (Wildman–Crippen MR) is 137 cm³/mol. The van der Waals surface area contributed by atoms with Crippen LogP contribution in [0.4, 0.5) is 11.6 Å². The van der Waals surface area contributed by atoms with E-state index in [0.717, 1.165) is 32.7 Å². The predicted octanol–water partition coefficient (Wildman–Crippen LogP) is 5.75. The summed E-state index contributed by atoms with van der Waals surface area (Å²) in [4.78, 5) is 29.8. The van der Waals surface area contributed by atoms with Crippen molar-refractivity contribution < 1.29 is 9.59 Å². The van der Waals surface area contributed by atoms with E-state index in [4.69, 9.17) is 0 Å². The van der Waals surface area contributed by atoms with Gasteiger partial charge >= 0.3 is 0 Å². The van der Waals surface area contributed by atoms with Gasteiger partial charge in [-0.1, -0.05) is 91.0 Å². The van der Waals surface area contributed by atoms with Crippen LogP contribution in [-0.4, -0.2) is 16.8 Å². The first-order valence-electron chi connectivity index (χ1n) is 11.2. The van der Waals surface area contributed by atoms with Gasteiger partial charge < -0.3 is 10.6 Å². The molecule has 1 heterocycles. The summed E-state index contributed by atoms with van der Waals surface area (Å²) in [5.74, 6) is 0.465. The molecule has 0 atom stereocenters. The van der Waals surface area contributed by atoms with Crippen LogP contribution in [0, 0.1) is 0 Å². The minimum absolute atomic E-state index is 0.164. The van der Waals surface area contributed by atoms with E-state index in [1.807, 2.05) is 84.9 Å². The van der Waals surface area contributed by atoms with Gasteiger partial charge in [-0.25, -0.2) is 4.98 Å². The number of carbonyl (C=O) groups is 2. The van der Waals surface area contributed by atoms with Crippen LogP contribution in [-0.2, 0) is 22.4 Å². The van der Waals surface area contributed by atoms with Crippen molar-refractivity contribution in [3.8, 4) is 0 Å². The van der Waals surface area contributed by atoms with E-state index in [-0.39, 0.29) is 24.7 Å². The summed E-state index contributed by atoms with van der Waals surface area (Å²) in [6.45, 7) is 0. The summed E-state index contributed by atoms with van der Waals surface area (Å²) in [6, 6.07) is 33.1. The van der Waals surface area contributed by atoms with Crippen molar-refractivity contribution in [2.45, 2.75) is 12.8 Å². The van der Waals surface area contributed by atoms with Crippen molar-refractivity contribution in [2.75, 3.05) is 10.6 Å². The van der Waals surface area contributed by atoms with Crippen LogP contribution in [0.2, 0.25) is 0 Å². The number of aromatic nitrogens is 1. The highest BCUT2D eigenvalue weighted by Gasteiger charge is 2.11. The Morgan fingerprint density at radius 3 is 1.44 bits per heavy atom. The first-order valence-corrected chi connectivity index (χ1v) is 11.2. The molecular weight excluding hydrogens is 422 g/mol. The molecule has 5 aromatic rings. The maximum Gasteiger partial charge on any atom is 0.229 e. The number of nitrogens with zero attached hydrogens (tertiary/aromatic N) is 1. The SMILES string of the molecule is O=C(Cc1cccc2ccccc12)Nc1cccc(NC(=O)Cc2cccc3ccccc23)n1. The van der Waals surface area contributed by atoms with Gasteiger partial charge in [0, 0.05) is 0 Å². The van der Waals surface area contributed by atoms with Crippen LogP contribution < -0.4 is 10.6 Å². The monoisotopic (exact) mass is 445 g/mol. The van der Waals surface area contributed by atoms with Gasteiger partial charge in [0.05, 0.1) is 12.8 Å². The molecule has 5 rings (SSSR count). The maximum absolute atomic E-state index is 12.7. The molecule has 1 aromatic heterocycles. The van der Waals surface area contributed by atoms with E-state index in [2.05, 4.69) is 15.6 Å². The Hall–Kier alpha value is -4.51. The Morgan fingerprint density at radius 2 is 0.941 bits per heavy atom. The fraction of sp³-hybridized carbons (Fsp3) is 0.0690. The number of amides is 2. The Bertz CT molecular complexity index is 1390. The first kappa shape index (κ1) is 21.3. The summed E-state index contributed by atoms with van der Waals surface area (Å²) >= 11 is 0. The molecule has 2 amide bonds. The normalized spacial score (nSPS) is 10.8. The number of nitrogens with one attached hydrogen (secondary N) is 2. The molecule has 0 spiro atoms. The molecule has 166 valence electrons. The van der Waals surface area contributed by atoms with E-state index in [0.29, 0.717) is 11.6 Å². The van der Waals surface area contributed by atoms with E-state index >= 15 is 0 Å². The van der Waals surface area contributed by atoms with Gasteiger partial charge in [0.15, 0.2) is 0 Å². The quantitative estimate of drug-likeness (QED) is 0.350. The molecule has 0 bridgehead atoms. The molecule has 0 radical (unpaired) electrons. The molecule has 0 saturated heterocycles. The summed E-state index contributed by atoms with van der Waals surface area (Å²) in [5, 5.41) is 10.00. The molecule has 0 aliphatic rings. The van der Waals surface area contributed by atoms with Gasteiger partial charge in [-0.05, 0) is 44.8 Å². The molecule has 0 aliphatic heterocycles. The van der Waals surface area contributed by atoms with E-state index in [1.54, 1.807) is 18.2 Å². The van der Waals surface area contributed by atoms with Crippen molar-refractivity contribution in [3.05, 3.63) is 114 Å². The Labute approximate surface area is 197 Å². The van der Waals surface area contributed by atoms with Crippen molar-refractivity contribution >= 4 is 45.0 Å². The van der Waals surface area contributed by atoms with Crippen LogP contribution in [0.1, 0.15) is 11.1 Å². The van der Waals surface area contributed by atoms with Crippen molar-refractivity contribution in [1.29, 1.82) is 0 Å². The van der Waals surface area contributed by atoms with E-state index in [9.17, 15) is 9.59 Å². The number of pyridine rings is 1. The molecular formula is C29H23N3O2. The fourth-order valence-electron chi connectivity index (χ4n) is 4.19. The zero-order valence-electron chi connectivity index (χ0n) is 18.5. The number of carbonyl (C=O) groups excluding carboxylic acids is 2. The van der Waals surface area contributed by atoms with Crippen LogP contribution in [0.25, 0.3) is 21.5 Å². The average molecular weight is 446 g/mol. The molecule has 0 aliphatic carbocycles. The van der Waals surface area contributed by atoms with Gasteiger partial charge in [0.2, 0.25) is 11.8 Å². The van der Waals surface area contributed by atoms with Gasteiger partial charge in [-0.2, -0.15) is 0 Å². The number of fused-ring (bicyclic) bond motifs is 2. The third kappa shape index (κ3) is 4.79. The lowest BCUT2D eigenvalue weighted by molar-refractivity contribution is -0.116. The Morgan fingerprint density at radius 1 is 0.529 bits per heavy atom. The zero-order valence-corrected chi connectivity index (χ0v) is 18.5. The van der Waals surface area contributed by atoms with Crippen molar-refractivity contribution in [3.63, 3.8) is 0 Å². The fourth-order valence-corrected chi connectivity index (χ4v) is 4.19. The first-order chi connectivity index (χ1) is 16.7. The van der Waals surface area contributed by atoms with Crippen LogP contribution in [0.5, 0.6) is 0 Å². The van der Waals surface area contributed by atoms with E-state index in [1.165, 1.54) is 0 Å². The van der Waals surface area contributed by atoms with Gasteiger partial charge in [0.25, 0.3) is 0 Å². The molecule has 2 N–H and O–H groups in total. The minimum Gasteiger partial charge on any atom is -0.310 e. The Balaban J connectivity index is 1.25. The summed E-state index contributed by atoms with van der Waals surface area (Å²) in [6.07, 6.45) is 0.474. The standard InChI is InChI=1S/C29H23N3O2/c33-28(18-22-12-5-10-20-8-1-3-14-24(20)22)31-26-16-7-17-27(30-26)32-29(34)19-23-13-6-11-21-9-2-4-15-25(21)23/h1-17H,18-19H2,(H2,30,31,32,33,34). The number of hydrogen-bond acceptors (Lipinski definition) is 3. The average Bonchev–Trinajstić information content (AvgIpc) is 2.85. The van der Waals surface area contributed by atoms with Gasteiger partial charge in [0.1, 0.15) is 11.6 Å². The minimum atomic E-state index is -0.164. The lowest BCUT2D eigenvalue weighted by Gasteiger charge is -2.10. The van der Waals surface area contributed by atoms with Crippen LogP contribution in [0.3, 0.4) is 0 Å². The second-order valence-electron chi connectivity index (χ2n) is 8.13. The smallest absolute Gasteiger partial charge is 0.229 e. The third-order valence-corrected chi connectivity index (χ3v) is 5.75. The second kappa shape index (κ2) is 9.55. The molecule has 5 heteroatoms. The molecule has 4 aromatic carbocycles. The molecule has 5 nitrogen and oxygen atoms in total. The van der Waals surface area contributed by atoms with Crippen molar-refractivity contribution in [1.82, 2.24) is 4.98 Å². The summed E-state index contributed by atoms with van der Waals surface area (Å²) in [5.41, 5.74) is 1.91. The van der Waals surface area contributed by atoms with E-state index < -0.39 is 0 Å². The maximum atomic E-state index is 12.7. The lowest BCUT2D eigenvalue weighted by atomic mass is 10.0. The van der Waals surface area contributed by atoms with Gasteiger partial charge in [-0.15, -0.1) is 0 Å². The number of hydrogen-bond donors (Lipinski definition) is 2. The zero-order chi connectivity index (χ0) is 23.3. The lowest BCUT2D eigenvalue weighted by Crippen LogP contribution is -2.18. The number of benzene rings is 4.